The van der Waals surface area contributed by atoms with Crippen molar-refractivity contribution in [1.82, 2.24) is 4.90 Å². The molecule has 1 heterocycles. The quantitative estimate of drug-likeness (QED) is 0.329. The summed E-state index contributed by atoms with van der Waals surface area (Å²) in [5.41, 5.74) is -7.48. The van der Waals surface area contributed by atoms with Crippen LogP contribution < -0.4 is 56.5 Å². The first-order valence-electron chi connectivity index (χ1n) is 5.22. The Hall–Kier alpha value is 0.0864. The molecule has 0 bridgehead atoms. The van der Waals surface area contributed by atoms with Crippen molar-refractivity contribution in [2.75, 3.05) is 0 Å². The summed E-state index contributed by atoms with van der Waals surface area (Å²) in [5, 5.41) is 10.0. The summed E-state index contributed by atoms with van der Waals surface area (Å²) in [7, 11) is 0. The van der Waals surface area contributed by atoms with Crippen LogP contribution in [0.4, 0.5) is 61.5 Å². The second-order valence-corrected chi connectivity index (χ2v) is 4.55. The number of hydrogen-bond donors (Lipinski definition) is 0. The summed E-state index contributed by atoms with van der Waals surface area (Å²) < 4.78 is 180. The van der Waals surface area contributed by atoms with Crippen molar-refractivity contribution in [3.63, 3.8) is 0 Å². The zero-order valence-corrected chi connectivity index (χ0v) is 14.7. The van der Waals surface area contributed by atoms with Crippen LogP contribution in [0.3, 0.4) is 0 Å². The van der Waals surface area contributed by atoms with Gasteiger partial charge in [0.15, 0.2) is 0 Å². The van der Waals surface area contributed by atoms with Crippen LogP contribution in [0.15, 0.2) is 0 Å². The Kier molecular flexibility index (Phi) is 6.32. The largest absolute Gasteiger partial charge is 1.00 e. The van der Waals surface area contributed by atoms with Gasteiger partial charge in [0, 0.05) is 0 Å². The van der Waals surface area contributed by atoms with Crippen LogP contribution in [0.5, 0.6) is 0 Å². The first-order chi connectivity index (χ1) is 10.6. The molecule has 26 heavy (non-hydrogen) atoms. The fourth-order valence-corrected chi connectivity index (χ4v) is 1.75. The van der Waals surface area contributed by atoms with Gasteiger partial charge in [0.05, 0.1) is 5.97 Å². The fourth-order valence-electron chi connectivity index (χ4n) is 1.75. The zero-order valence-electron chi connectivity index (χ0n) is 11.6. The van der Waals surface area contributed by atoms with E-state index in [1.807, 2.05) is 0 Å². The standard InChI is InChI=1S/C8HF14NO2.K/c9-2(1(24)25,5(14,15)16)6(17,18)23-7(19,20)3(10,11)4(12,13)8(23,21)22;/h(H,24,25);/q;+1/p-1. The first-order valence-corrected chi connectivity index (χ1v) is 5.22. The molecule has 0 radical (unpaired) electrons. The Morgan fingerprint density at radius 2 is 1.00 bits per heavy atom. The molecule has 0 amide bonds. The molecule has 0 aromatic heterocycles. The van der Waals surface area contributed by atoms with Crippen LogP contribution in [0.25, 0.3) is 0 Å². The molecular formula is C8F14KNO2. The van der Waals surface area contributed by atoms with Crippen LogP contribution in [0.2, 0.25) is 0 Å². The molecule has 1 aliphatic rings. The van der Waals surface area contributed by atoms with Crippen LogP contribution >= 0.6 is 0 Å². The molecular weight excluding hydrogens is 447 g/mol. The average molecular weight is 447 g/mol. The summed E-state index contributed by atoms with van der Waals surface area (Å²) in [4.78, 5) is 5.92. The molecule has 1 fully saturated rings. The number of alkyl halides is 14. The van der Waals surface area contributed by atoms with Crippen molar-refractivity contribution in [2.24, 2.45) is 0 Å². The van der Waals surface area contributed by atoms with Crippen molar-refractivity contribution >= 4 is 5.97 Å². The topological polar surface area (TPSA) is 43.4 Å². The molecule has 1 rings (SSSR count). The van der Waals surface area contributed by atoms with E-state index in [1.54, 1.807) is 0 Å². The van der Waals surface area contributed by atoms with Crippen LogP contribution in [0, 0.1) is 0 Å². The van der Waals surface area contributed by atoms with Crippen LogP contribution in [-0.2, 0) is 4.79 Å². The molecule has 18 heteroatoms. The number of carbonyl (C=O) groups is 1. The van der Waals surface area contributed by atoms with Gasteiger partial charge in [-0.3, -0.25) is 0 Å². The number of hydrogen-bond acceptors (Lipinski definition) is 3. The molecule has 0 N–H and O–H groups in total. The van der Waals surface area contributed by atoms with Crippen LogP contribution in [-0.4, -0.2) is 52.7 Å². The van der Waals surface area contributed by atoms with Gasteiger partial charge >= 0.3 is 93.2 Å². The number of carboxylic acid groups (broad SMARTS) is 1. The number of carbonyl (C=O) groups excluding carboxylic acids is 1. The number of aliphatic carboxylic acids is 1. The second kappa shape index (κ2) is 6.29. The molecule has 1 unspecified atom stereocenters. The molecule has 1 aliphatic heterocycles. The van der Waals surface area contributed by atoms with E-state index in [1.165, 1.54) is 0 Å². The van der Waals surface area contributed by atoms with Gasteiger partial charge in [-0.2, -0.15) is 57.1 Å². The van der Waals surface area contributed by atoms with E-state index < -0.39 is 52.7 Å². The van der Waals surface area contributed by atoms with Crippen molar-refractivity contribution in [2.45, 2.75) is 41.8 Å². The van der Waals surface area contributed by atoms with Gasteiger partial charge in [0.25, 0.3) is 0 Å². The summed E-state index contributed by atoms with van der Waals surface area (Å²) in [6.45, 7) is 0. The summed E-state index contributed by atoms with van der Waals surface area (Å²) in [6.07, 6.45) is -7.52. The predicted molar refractivity (Wildman–Crippen MR) is 41.5 cm³/mol. The maximum Gasteiger partial charge on any atom is 1.00 e. The third kappa shape index (κ3) is 2.69. The first kappa shape index (κ1) is 26.1. The number of halogens is 14. The van der Waals surface area contributed by atoms with Gasteiger partial charge in [-0.05, 0) is 0 Å². The molecule has 0 saturated carbocycles. The molecule has 148 valence electrons. The zero-order chi connectivity index (χ0) is 20.7. The molecule has 0 aliphatic carbocycles. The summed E-state index contributed by atoms with van der Waals surface area (Å²) >= 11 is 0. The van der Waals surface area contributed by atoms with E-state index in [0.717, 1.165) is 0 Å². The minimum atomic E-state index is -7.86. The Morgan fingerprint density at radius 3 is 1.19 bits per heavy atom. The summed E-state index contributed by atoms with van der Waals surface area (Å²) in [6, 6.07) is -22.9. The molecule has 0 spiro atoms. The molecule has 0 aromatic carbocycles. The van der Waals surface area contributed by atoms with Crippen molar-refractivity contribution < 1.29 is 123 Å². The maximum absolute atomic E-state index is 13.4. The number of carboxylic acids is 1. The maximum atomic E-state index is 13.4. The smallest absolute Gasteiger partial charge is 0.546 e. The van der Waals surface area contributed by atoms with Crippen molar-refractivity contribution in [3.05, 3.63) is 0 Å². The average Bonchev–Trinajstić information content (AvgIpc) is 2.40. The van der Waals surface area contributed by atoms with E-state index in [9.17, 15) is 71.4 Å². The number of nitrogens with zero attached hydrogens (tertiary/aromatic N) is 1. The van der Waals surface area contributed by atoms with E-state index >= 15 is 0 Å². The van der Waals surface area contributed by atoms with E-state index in [2.05, 4.69) is 0 Å². The van der Waals surface area contributed by atoms with Crippen LogP contribution in [0.1, 0.15) is 0 Å². The number of rotatable bonds is 3. The Bertz CT molecular complexity index is 562. The minimum absolute atomic E-state index is 0. The van der Waals surface area contributed by atoms with Crippen molar-refractivity contribution in [1.29, 1.82) is 0 Å². The van der Waals surface area contributed by atoms with Gasteiger partial charge < -0.3 is 9.90 Å². The van der Waals surface area contributed by atoms with Gasteiger partial charge in [0.2, 0.25) is 0 Å². The predicted octanol–water partition coefficient (Wildman–Crippen LogP) is -0.625. The van der Waals surface area contributed by atoms with Gasteiger partial charge in [0.1, 0.15) is 0 Å². The van der Waals surface area contributed by atoms with Gasteiger partial charge in [-0.25, -0.2) is 4.39 Å². The molecule has 3 nitrogen and oxygen atoms in total. The van der Waals surface area contributed by atoms with Gasteiger partial charge in [-0.1, -0.05) is 0 Å². The Labute approximate surface area is 174 Å². The summed E-state index contributed by atoms with van der Waals surface area (Å²) in [5.74, 6) is -19.5. The van der Waals surface area contributed by atoms with Gasteiger partial charge in [-0.15, -0.1) is 4.90 Å². The third-order valence-corrected chi connectivity index (χ3v) is 3.08. The normalized spacial score (nSPS) is 26.7. The number of likely N-dealkylation sites (tertiary alicyclic amines) is 1. The molecule has 1 saturated heterocycles. The SMILES string of the molecule is O=C([O-])C(F)(C(F)(F)F)C(F)(F)N1C(F)(F)C(F)(F)C(F)(F)C1(F)F.[K+]. The monoisotopic (exact) mass is 447 g/mol. The molecule has 0 aromatic rings. The fraction of sp³-hybridized carbons (Fsp3) is 0.875. The third-order valence-electron chi connectivity index (χ3n) is 3.08. The van der Waals surface area contributed by atoms with E-state index in [4.69, 9.17) is 0 Å². The Balaban J connectivity index is 0.00000625. The second-order valence-electron chi connectivity index (χ2n) is 4.55. The van der Waals surface area contributed by atoms with E-state index in [-0.39, 0.29) is 51.4 Å². The molecule has 1 atom stereocenters. The van der Waals surface area contributed by atoms with E-state index in [0.29, 0.717) is 0 Å². The Morgan fingerprint density at radius 1 is 0.731 bits per heavy atom. The minimum Gasteiger partial charge on any atom is -0.546 e. The van der Waals surface area contributed by atoms with Crippen molar-refractivity contribution in [3.8, 4) is 0 Å².